The zero-order valence-electron chi connectivity index (χ0n) is 19.4. The van der Waals surface area contributed by atoms with Crippen molar-refractivity contribution in [3.05, 3.63) is 46.2 Å². The highest BCUT2D eigenvalue weighted by molar-refractivity contribution is 7.09. The second kappa shape index (κ2) is 10.6. The van der Waals surface area contributed by atoms with Crippen molar-refractivity contribution in [2.45, 2.75) is 51.3 Å². The zero-order valence-corrected chi connectivity index (χ0v) is 20.2. The van der Waals surface area contributed by atoms with Gasteiger partial charge in [-0.05, 0) is 56.8 Å². The third kappa shape index (κ3) is 6.86. The molecule has 0 radical (unpaired) electrons. The quantitative estimate of drug-likeness (QED) is 0.642. The van der Waals surface area contributed by atoms with E-state index in [-0.39, 0.29) is 11.9 Å². The van der Waals surface area contributed by atoms with Gasteiger partial charge in [-0.1, -0.05) is 6.07 Å². The number of ether oxygens (including phenoxy) is 2. The molecule has 1 aliphatic heterocycles. The maximum Gasteiger partial charge on any atom is 0.408 e. The lowest BCUT2D eigenvalue weighted by Crippen LogP contribution is -2.52. The predicted molar refractivity (Wildman–Crippen MR) is 128 cm³/mol. The number of benzene rings is 1. The van der Waals surface area contributed by atoms with Gasteiger partial charge in [0.15, 0.2) is 0 Å². The number of hydrogen-bond acceptors (Lipinski definition) is 7. The number of thiophene rings is 1. The van der Waals surface area contributed by atoms with Crippen molar-refractivity contribution >= 4 is 29.0 Å². The van der Waals surface area contributed by atoms with Crippen LogP contribution in [-0.4, -0.2) is 49.9 Å². The third-order valence-corrected chi connectivity index (χ3v) is 6.09. The van der Waals surface area contributed by atoms with E-state index in [1.54, 1.807) is 33.9 Å². The summed E-state index contributed by atoms with van der Waals surface area (Å²) in [5.74, 6) is 0.375. The first kappa shape index (κ1) is 24.4. The van der Waals surface area contributed by atoms with Crippen molar-refractivity contribution in [2.75, 3.05) is 25.1 Å². The van der Waals surface area contributed by atoms with Gasteiger partial charge in [0.1, 0.15) is 23.5 Å². The molecule has 2 aromatic rings. The lowest BCUT2D eigenvalue weighted by Gasteiger charge is -2.24. The molecule has 2 amide bonds. The number of amides is 2. The van der Waals surface area contributed by atoms with Gasteiger partial charge >= 0.3 is 6.09 Å². The van der Waals surface area contributed by atoms with E-state index in [9.17, 15) is 14.9 Å². The van der Waals surface area contributed by atoms with E-state index in [2.05, 4.69) is 21.6 Å². The maximum absolute atomic E-state index is 13.1. The summed E-state index contributed by atoms with van der Waals surface area (Å²) in [6.45, 7) is 6.63. The SMILES string of the molecule is COc1ccc(N2CCC(NC(=O)C(Cc3cccs3)NC(=O)OC(C)(C)C)C2)c(C#N)c1. The van der Waals surface area contributed by atoms with E-state index in [1.807, 2.05) is 29.6 Å². The minimum Gasteiger partial charge on any atom is -0.497 e. The fourth-order valence-electron chi connectivity index (χ4n) is 3.70. The van der Waals surface area contributed by atoms with Gasteiger partial charge in [-0.3, -0.25) is 4.79 Å². The Balaban J connectivity index is 1.65. The topological polar surface area (TPSA) is 104 Å². The molecule has 1 aromatic heterocycles. The highest BCUT2D eigenvalue weighted by Crippen LogP contribution is 2.28. The molecule has 1 saturated heterocycles. The summed E-state index contributed by atoms with van der Waals surface area (Å²) in [5.41, 5.74) is 0.692. The Bertz CT molecular complexity index is 1010. The number of rotatable bonds is 7. The zero-order chi connectivity index (χ0) is 24.0. The normalized spacial score (nSPS) is 16.6. The molecule has 2 unspecified atom stereocenters. The summed E-state index contributed by atoms with van der Waals surface area (Å²) < 4.78 is 10.6. The van der Waals surface area contributed by atoms with Gasteiger partial charge in [0.2, 0.25) is 5.91 Å². The molecule has 0 bridgehead atoms. The Morgan fingerprint density at radius 2 is 2.12 bits per heavy atom. The summed E-state index contributed by atoms with van der Waals surface area (Å²) in [6.07, 6.45) is 0.501. The van der Waals surface area contributed by atoms with Crippen molar-refractivity contribution in [2.24, 2.45) is 0 Å². The predicted octanol–water partition coefficient (Wildman–Crippen LogP) is 3.46. The van der Waals surface area contributed by atoms with E-state index in [1.165, 1.54) is 11.3 Å². The van der Waals surface area contributed by atoms with Crippen molar-refractivity contribution in [1.29, 1.82) is 5.26 Å². The molecular formula is C24H30N4O4S. The molecule has 0 saturated carbocycles. The van der Waals surface area contributed by atoms with Crippen LogP contribution in [0.1, 0.15) is 37.6 Å². The average molecular weight is 471 g/mol. The second-order valence-electron chi connectivity index (χ2n) is 8.92. The van der Waals surface area contributed by atoms with E-state index in [0.717, 1.165) is 17.0 Å². The van der Waals surface area contributed by atoms with Crippen LogP contribution in [0, 0.1) is 11.3 Å². The molecule has 1 aliphatic rings. The van der Waals surface area contributed by atoms with Crippen molar-refractivity contribution in [1.82, 2.24) is 10.6 Å². The van der Waals surface area contributed by atoms with Gasteiger partial charge in [-0.25, -0.2) is 4.79 Å². The van der Waals surface area contributed by atoms with E-state index in [0.29, 0.717) is 30.8 Å². The number of carbonyl (C=O) groups excluding carboxylic acids is 2. The number of nitriles is 1. The van der Waals surface area contributed by atoms with Crippen LogP contribution in [-0.2, 0) is 16.0 Å². The van der Waals surface area contributed by atoms with Crippen LogP contribution in [0.5, 0.6) is 5.75 Å². The molecule has 2 heterocycles. The molecule has 1 aromatic carbocycles. The van der Waals surface area contributed by atoms with E-state index >= 15 is 0 Å². The molecule has 33 heavy (non-hydrogen) atoms. The highest BCUT2D eigenvalue weighted by Gasteiger charge is 2.30. The van der Waals surface area contributed by atoms with Crippen LogP contribution in [0.2, 0.25) is 0 Å². The van der Waals surface area contributed by atoms with Gasteiger partial charge < -0.3 is 25.0 Å². The van der Waals surface area contributed by atoms with Gasteiger partial charge in [0, 0.05) is 30.4 Å². The summed E-state index contributed by atoms with van der Waals surface area (Å²) in [6, 6.07) is 10.6. The van der Waals surface area contributed by atoms with Gasteiger partial charge in [-0.2, -0.15) is 5.26 Å². The number of carbonyl (C=O) groups is 2. The number of anilines is 1. The van der Waals surface area contributed by atoms with E-state index < -0.39 is 17.7 Å². The Kier molecular flexibility index (Phi) is 7.82. The van der Waals surface area contributed by atoms with Crippen LogP contribution in [0.25, 0.3) is 0 Å². The van der Waals surface area contributed by atoms with E-state index in [4.69, 9.17) is 9.47 Å². The Morgan fingerprint density at radius 1 is 1.33 bits per heavy atom. The lowest BCUT2D eigenvalue weighted by molar-refractivity contribution is -0.123. The molecule has 0 spiro atoms. The van der Waals surface area contributed by atoms with Gasteiger partial charge in [-0.15, -0.1) is 11.3 Å². The standard InChI is InChI=1S/C24H30N4O4S/c1-24(2,3)32-23(30)27-20(13-19-6-5-11-33-19)22(29)26-17-9-10-28(15-17)21-8-7-18(31-4)12-16(21)14-25/h5-8,11-12,17,20H,9-10,13,15H2,1-4H3,(H,26,29)(H,27,30). The van der Waals surface area contributed by atoms with Crippen LogP contribution >= 0.6 is 11.3 Å². The summed E-state index contributed by atoms with van der Waals surface area (Å²) in [7, 11) is 1.56. The third-order valence-electron chi connectivity index (χ3n) is 5.19. The number of alkyl carbamates (subject to hydrolysis) is 1. The van der Waals surface area contributed by atoms with Crippen LogP contribution in [0.4, 0.5) is 10.5 Å². The second-order valence-corrected chi connectivity index (χ2v) is 9.95. The smallest absolute Gasteiger partial charge is 0.408 e. The maximum atomic E-state index is 13.1. The first-order chi connectivity index (χ1) is 15.7. The monoisotopic (exact) mass is 470 g/mol. The number of nitrogens with zero attached hydrogens (tertiary/aromatic N) is 2. The molecule has 1 fully saturated rings. The molecule has 9 heteroatoms. The molecule has 0 aliphatic carbocycles. The van der Waals surface area contributed by atoms with Crippen LogP contribution in [0.3, 0.4) is 0 Å². The molecule has 2 N–H and O–H groups in total. The first-order valence-electron chi connectivity index (χ1n) is 10.8. The first-order valence-corrected chi connectivity index (χ1v) is 11.7. The van der Waals surface area contributed by atoms with Crippen molar-refractivity contribution in [3.63, 3.8) is 0 Å². The molecule has 2 atom stereocenters. The summed E-state index contributed by atoms with van der Waals surface area (Å²) >= 11 is 1.54. The van der Waals surface area contributed by atoms with Crippen molar-refractivity contribution < 1.29 is 19.1 Å². The molecule has 3 rings (SSSR count). The minimum atomic E-state index is -0.747. The molecular weight excluding hydrogens is 440 g/mol. The van der Waals surface area contributed by atoms with Crippen LogP contribution < -0.4 is 20.3 Å². The minimum absolute atomic E-state index is 0.0996. The van der Waals surface area contributed by atoms with Crippen LogP contribution in [0.15, 0.2) is 35.7 Å². The Morgan fingerprint density at radius 3 is 2.76 bits per heavy atom. The fraction of sp³-hybridized carbons (Fsp3) is 0.458. The van der Waals surface area contributed by atoms with Crippen molar-refractivity contribution in [3.8, 4) is 11.8 Å². The molecule has 176 valence electrons. The van der Waals surface area contributed by atoms with Gasteiger partial charge in [0.05, 0.1) is 18.4 Å². The largest absolute Gasteiger partial charge is 0.497 e. The number of nitrogens with one attached hydrogen (secondary N) is 2. The summed E-state index contributed by atoms with van der Waals surface area (Å²) in [5, 5.41) is 17.2. The Hall–Kier alpha value is -3.25. The Labute approximate surface area is 198 Å². The highest BCUT2D eigenvalue weighted by atomic mass is 32.1. The average Bonchev–Trinajstić information content (AvgIpc) is 3.43. The molecule has 8 nitrogen and oxygen atoms in total. The number of methoxy groups -OCH3 is 1. The fourth-order valence-corrected chi connectivity index (χ4v) is 4.45. The lowest BCUT2D eigenvalue weighted by atomic mass is 10.1. The summed E-state index contributed by atoms with van der Waals surface area (Å²) in [4.78, 5) is 28.5. The number of hydrogen-bond donors (Lipinski definition) is 2. The van der Waals surface area contributed by atoms with Gasteiger partial charge in [0.25, 0.3) is 0 Å².